The number of halogens is 4. The van der Waals surface area contributed by atoms with Crippen molar-refractivity contribution in [2.45, 2.75) is 83.5 Å². The molecule has 0 spiro atoms. The van der Waals surface area contributed by atoms with Gasteiger partial charge in [0.25, 0.3) is 5.91 Å². The average Bonchev–Trinajstić information content (AvgIpc) is 3.34. The number of piperidine rings is 2. The molecule has 0 bridgehead atoms. The third kappa shape index (κ3) is 9.32. The maximum atomic E-state index is 14.4. The molecule has 3 aliphatic rings. The van der Waals surface area contributed by atoms with E-state index in [-0.39, 0.29) is 41.9 Å². The number of thiocarbonyl (C=S) groups is 1. The normalized spacial score (nSPS) is 19.0. The number of Topliss-reactive ketones (excluding diaryl/α,β-unsaturated/α-hetero) is 1. The van der Waals surface area contributed by atoms with E-state index < -0.39 is 46.5 Å². The highest BCUT2D eigenvalue weighted by Crippen LogP contribution is 2.41. The van der Waals surface area contributed by atoms with Crippen LogP contribution in [0.25, 0.3) is 0 Å². The maximum Gasteiger partial charge on any atom is 0.417 e. The molecule has 3 aromatic rings. The number of rotatable bonds is 13. The smallest absolute Gasteiger partial charge is 0.417 e. The van der Waals surface area contributed by atoms with Gasteiger partial charge in [-0.05, 0) is 143 Å². The number of nitriles is 1. The minimum absolute atomic E-state index is 0.0130. The number of ether oxygens (including phenoxy) is 1. The van der Waals surface area contributed by atoms with Crippen molar-refractivity contribution in [1.82, 2.24) is 10.2 Å². The van der Waals surface area contributed by atoms with Crippen LogP contribution in [0.5, 0.6) is 5.75 Å². The van der Waals surface area contributed by atoms with Crippen LogP contribution in [-0.4, -0.2) is 71.3 Å². The quantitative estimate of drug-likeness (QED) is 0.109. The van der Waals surface area contributed by atoms with Crippen LogP contribution in [0.4, 0.5) is 34.6 Å². The fraction of sp³-hybridized carbons (Fsp3) is 0.429. The summed E-state index contributed by atoms with van der Waals surface area (Å²) in [6.45, 7) is 7.44. The summed E-state index contributed by atoms with van der Waals surface area (Å²) < 4.78 is 61.9. The molecule has 6 rings (SSSR count). The van der Waals surface area contributed by atoms with Gasteiger partial charge in [0, 0.05) is 24.2 Å². The number of alkyl halides is 3. The first-order chi connectivity index (χ1) is 27.5. The number of carbonyl (C=O) groups excluding carboxylic acids is 4. The standard InChI is InChI=1S/C42H44F4N6O5S/c1-4-27-20-32(52-40(58)51(39(56)41(52,2)3)31-6-5-28(23-47)34(22-31)42(44,45)46)7-9-36(27)57-16-13-25-11-14-50(15-12-25)24-33(53)19-26-17-29(43)21-30(18-26)48-35-8-10-37(54)49-38(35)55/h5-7,9,17-18,20-22,25,35,48H,4,8,10-16,19,24H2,1-3H3,(H,49,54,55). The molecule has 0 saturated carbocycles. The molecule has 2 N–H and O–H groups in total. The first-order valence-electron chi connectivity index (χ1n) is 19.2. The van der Waals surface area contributed by atoms with Gasteiger partial charge in [0.05, 0.1) is 36.0 Å². The lowest BCUT2D eigenvalue weighted by atomic mass is 9.93. The van der Waals surface area contributed by atoms with Gasteiger partial charge in [-0.15, -0.1) is 0 Å². The van der Waals surface area contributed by atoms with Gasteiger partial charge < -0.3 is 15.0 Å². The lowest BCUT2D eigenvalue weighted by molar-refractivity contribution is -0.138. The van der Waals surface area contributed by atoms with Crippen molar-refractivity contribution in [2.75, 3.05) is 41.4 Å². The van der Waals surface area contributed by atoms with Crippen LogP contribution < -0.4 is 25.2 Å². The minimum atomic E-state index is -4.80. The second-order valence-electron chi connectivity index (χ2n) is 15.4. The SMILES string of the molecule is CCc1cc(N2C(=S)N(c3ccc(C#N)c(C(F)(F)F)c3)C(=O)C2(C)C)ccc1OCCC1CCN(CC(=O)Cc2cc(F)cc(NC3CCC(=O)NC3=O)c2)CC1. The Bertz CT molecular complexity index is 2160. The zero-order valence-electron chi connectivity index (χ0n) is 32.4. The molecule has 3 fully saturated rings. The topological polar surface area (TPSA) is 135 Å². The van der Waals surface area contributed by atoms with Crippen molar-refractivity contribution in [1.29, 1.82) is 5.26 Å². The third-order valence-corrected chi connectivity index (χ3v) is 11.2. The summed E-state index contributed by atoms with van der Waals surface area (Å²) in [6, 6.07) is 13.7. The molecule has 0 aliphatic carbocycles. The number of ketones is 1. The molecule has 0 aromatic heterocycles. The molecule has 3 amide bonds. The number of likely N-dealkylation sites (tertiary alicyclic amines) is 1. The summed E-state index contributed by atoms with van der Waals surface area (Å²) in [4.78, 5) is 55.0. The Kier molecular flexibility index (Phi) is 12.5. The van der Waals surface area contributed by atoms with E-state index in [2.05, 4.69) is 15.5 Å². The highest BCUT2D eigenvalue weighted by molar-refractivity contribution is 7.81. The van der Waals surface area contributed by atoms with Crippen molar-refractivity contribution >= 4 is 57.9 Å². The van der Waals surface area contributed by atoms with Gasteiger partial charge in [-0.3, -0.25) is 34.3 Å². The molecule has 16 heteroatoms. The lowest BCUT2D eigenvalue weighted by Gasteiger charge is -2.31. The summed E-state index contributed by atoms with van der Waals surface area (Å²) in [7, 11) is 0. The van der Waals surface area contributed by atoms with Crippen molar-refractivity contribution in [3.8, 4) is 11.8 Å². The van der Waals surface area contributed by atoms with Crippen LogP contribution in [0.15, 0.2) is 54.6 Å². The number of hydrogen-bond acceptors (Lipinski definition) is 9. The Labute approximate surface area is 339 Å². The van der Waals surface area contributed by atoms with Gasteiger partial charge in [-0.1, -0.05) is 6.92 Å². The van der Waals surface area contributed by atoms with Gasteiger partial charge in [-0.2, -0.15) is 18.4 Å². The minimum Gasteiger partial charge on any atom is -0.493 e. The first-order valence-corrected chi connectivity index (χ1v) is 19.6. The van der Waals surface area contributed by atoms with E-state index in [1.807, 2.05) is 19.1 Å². The van der Waals surface area contributed by atoms with E-state index in [4.69, 9.17) is 17.0 Å². The van der Waals surface area contributed by atoms with E-state index in [1.54, 1.807) is 36.9 Å². The Morgan fingerprint density at radius 1 is 1.03 bits per heavy atom. The van der Waals surface area contributed by atoms with Gasteiger partial charge in [0.1, 0.15) is 23.1 Å². The highest BCUT2D eigenvalue weighted by Gasteiger charge is 2.51. The van der Waals surface area contributed by atoms with E-state index in [1.165, 1.54) is 18.2 Å². The van der Waals surface area contributed by atoms with Crippen molar-refractivity contribution in [3.05, 3.63) is 82.7 Å². The van der Waals surface area contributed by atoms with Crippen LogP contribution >= 0.6 is 12.2 Å². The number of hydrogen-bond donors (Lipinski definition) is 2. The van der Waals surface area contributed by atoms with Gasteiger partial charge in [0.2, 0.25) is 11.8 Å². The predicted molar refractivity (Wildman–Crippen MR) is 213 cm³/mol. The summed E-state index contributed by atoms with van der Waals surface area (Å²) in [5.74, 6) is -0.820. The molecule has 1 atom stereocenters. The van der Waals surface area contributed by atoms with E-state index >= 15 is 0 Å². The van der Waals surface area contributed by atoms with E-state index in [0.29, 0.717) is 48.1 Å². The molecule has 3 aromatic carbocycles. The zero-order valence-corrected chi connectivity index (χ0v) is 33.2. The number of carbonyl (C=O) groups is 4. The summed E-state index contributed by atoms with van der Waals surface area (Å²) in [5, 5.41) is 14.5. The Morgan fingerprint density at radius 2 is 1.76 bits per heavy atom. The van der Waals surface area contributed by atoms with Crippen LogP contribution in [-0.2, 0) is 38.2 Å². The fourth-order valence-electron chi connectivity index (χ4n) is 7.75. The zero-order chi connectivity index (χ0) is 41.9. The summed E-state index contributed by atoms with van der Waals surface area (Å²) in [5.41, 5.74) is -0.676. The summed E-state index contributed by atoms with van der Waals surface area (Å²) in [6.07, 6.45) is -1.10. The first kappa shape index (κ1) is 42.2. The van der Waals surface area contributed by atoms with Crippen molar-refractivity contribution < 1.29 is 41.5 Å². The Balaban J connectivity index is 1.00. The Hall–Kier alpha value is -5.40. The van der Waals surface area contributed by atoms with Crippen molar-refractivity contribution in [3.63, 3.8) is 0 Å². The predicted octanol–water partition coefficient (Wildman–Crippen LogP) is 6.71. The Morgan fingerprint density at radius 3 is 2.43 bits per heavy atom. The van der Waals surface area contributed by atoms with Crippen LogP contribution in [0.1, 0.15) is 75.1 Å². The van der Waals surface area contributed by atoms with Crippen LogP contribution in [0.2, 0.25) is 0 Å². The van der Waals surface area contributed by atoms with Gasteiger partial charge >= 0.3 is 6.18 Å². The van der Waals surface area contributed by atoms with Gasteiger partial charge in [-0.25, -0.2) is 4.39 Å². The van der Waals surface area contributed by atoms with E-state index in [9.17, 15) is 42.0 Å². The lowest BCUT2D eigenvalue weighted by Crippen LogP contribution is -2.47. The monoisotopic (exact) mass is 820 g/mol. The van der Waals surface area contributed by atoms with Crippen LogP contribution in [0, 0.1) is 23.1 Å². The number of nitrogens with zero attached hydrogens (tertiary/aromatic N) is 4. The molecule has 3 saturated heterocycles. The highest BCUT2D eigenvalue weighted by atomic mass is 32.1. The number of aryl methyl sites for hydroxylation is 1. The molecular formula is C42H44F4N6O5S. The maximum absolute atomic E-state index is 14.4. The molecular weight excluding hydrogens is 777 g/mol. The van der Waals surface area contributed by atoms with Gasteiger partial charge in [0.15, 0.2) is 10.9 Å². The molecule has 58 heavy (non-hydrogen) atoms. The number of imide groups is 1. The summed E-state index contributed by atoms with van der Waals surface area (Å²) >= 11 is 5.70. The molecule has 0 radical (unpaired) electrons. The second-order valence-corrected chi connectivity index (χ2v) is 15.7. The molecule has 3 aliphatic heterocycles. The largest absolute Gasteiger partial charge is 0.493 e. The number of amides is 3. The molecule has 11 nitrogen and oxygen atoms in total. The number of benzene rings is 3. The van der Waals surface area contributed by atoms with Crippen LogP contribution in [0.3, 0.4) is 0 Å². The average molecular weight is 821 g/mol. The van der Waals surface area contributed by atoms with E-state index in [0.717, 1.165) is 54.9 Å². The molecule has 3 heterocycles. The second kappa shape index (κ2) is 17.2. The third-order valence-electron chi connectivity index (χ3n) is 10.9. The van der Waals surface area contributed by atoms with Crippen molar-refractivity contribution in [2.24, 2.45) is 5.92 Å². The molecule has 1 unspecified atom stereocenters. The number of anilines is 3. The number of nitrogens with one attached hydrogen (secondary N) is 2. The fourth-order valence-corrected chi connectivity index (χ4v) is 8.27. The molecule has 306 valence electrons.